The SMILES string of the molecule is CC(O)C1CCCN(CC(O)c2ccc(F)cc2F)C1. The maximum atomic E-state index is 13.6. The molecule has 0 aromatic heterocycles. The Balaban J connectivity index is 1.98. The Hall–Kier alpha value is -1.04. The minimum atomic E-state index is -0.983. The highest BCUT2D eigenvalue weighted by molar-refractivity contribution is 5.21. The summed E-state index contributed by atoms with van der Waals surface area (Å²) in [4.78, 5) is 2.02. The zero-order valence-corrected chi connectivity index (χ0v) is 11.6. The van der Waals surface area contributed by atoms with Gasteiger partial charge in [-0.3, -0.25) is 0 Å². The summed E-state index contributed by atoms with van der Waals surface area (Å²) in [6, 6.07) is 3.22. The molecule has 3 nitrogen and oxygen atoms in total. The molecule has 5 heteroatoms. The predicted molar refractivity (Wildman–Crippen MR) is 72.2 cm³/mol. The standard InChI is InChI=1S/C15H21F2NO2/c1-10(19)11-3-2-6-18(8-11)9-15(20)13-5-4-12(16)7-14(13)17/h4-5,7,10-11,15,19-20H,2-3,6,8-9H2,1H3. The molecule has 1 aromatic rings. The summed E-state index contributed by atoms with van der Waals surface area (Å²) in [5.41, 5.74) is 0.116. The van der Waals surface area contributed by atoms with E-state index < -0.39 is 17.7 Å². The first-order chi connectivity index (χ1) is 9.47. The van der Waals surface area contributed by atoms with Gasteiger partial charge in [-0.2, -0.15) is 0 Å². The highest BCUT2D eigenvalue weighted by atomic mass is 19.1. The van der Waals surface area contributed by atoms with E-state index in [-0.39, 0.29) is 17.6 Å². The van der Waals surface area contributed by atoms with Gasteiger partial charge in [0.2, 0.25) is 0 Å². The van der Waals surface area contributed by atoms with Gasteiger partial charge in [-0.25, -0.2) is 8.78 Å². The molecule has 20 heavy (non-hydrogen) atoms. The van der Waals surface area contributed by atoms with E-state index in [1.54, 1.807) is 6.92 Å². The Bertz CT molecular complexity index is 453. The van der Waals surface area contributed by atoms with Crippen molar-refractivity contribution < 1.29 is 19.0 Å². The fourth-order valence-electron chi connectivity index (χ4n) is 2.77. The van der Waals surface area contributed by atoms with Crippen molar-refractivity contribution in [3.05, 3.63) is 35.4 Å². The van der Waals surface area contributed by atoms with Crippen LogP contribution in [0.5, 0.6) is 0 Å². The Labute approximate surface area is 117 Å². The summed E-state index contributed by atoms with van der Waals surface area (Å²) in [6.07, 6.45) is 0.560. The van der Waals surface area contributed by atoms with E-state index in [9.17, 15) is 19.0 Å². The zero-order valence-electron chi connectivity index (χ0n) is 11.6. The van der Waals surface area contributed by atoms with Crippen molar-refractivity contribution in [3.8, 4) is 0 Å². The molecule has 1 fully saturated rings. The number of hydrogen-bond donors (Lipinski definition) is 2. The number of benzene rings is 1. The van der Waals surface area contributed by atoms with E-state index in [4.69, 9.17) is 0 Å². The van der Waals surface area contributed by atoms with Gasteiger partial charge in [0.15, 0.2) is 0 Å². The minimum absolute atomic E-state index is 0.116. The number of β-amino-alcohol motifs (C(OH)–C–C–N with tert-alkyl or cyclic N) is 1. The Morgan fingerprint density at radius 1 is 1.35 bits per heavy atom. The topological polar surface area (TPSA) is 43.7 Å². The smallest absolute Gasteiger partial charge is 0.131 e. The second-order valence-corrected chi connectivity index (χ2v) is 5.58. The van der Waals surface area contributed by atoms with Crippen LogP contribution >= 0.6 is 0 Å². The van der Waals surface area contributed by atoms with Crippen LogP contribution in [0.15, 0.2) is 18.2 Å². The fourth-order valence-corrected chi connectivity index (χ4v) is 2.77. The molecule has 3 atom stereocenters. The molecule has 1 aromatic carbocycles. The second kappa shape index (κ2) is 6.61. The molecule has 1 aliphatic heterocycles. The molecule has 1 heterocycles. The average Bonchev–Trinajstić information content (AvgIpc) is 2.38. The average molecular weight is 285 g/mol. The van der Waals surface area contributed by atoms with Crippen LogP contribution in [0.3, 0.4) is 0 Å². The summed E-state index contributed by atoms with van der Waals surface area (Å²) in [7, 11) is 0. The third-order valence-corrected chi connectivity index (χ3v) is 3.98. The number of rotatable bonds is 4. The maximum Gasteiger partial charge on any atom is 0.131 e. The van der Waals surface area contributed by atoms with Crippen molar-refractivity contribution in [2.75, 3.05) is 19.6 Å². The van der Waals surface area contributed by atoms with Gasteiger partial charge < -0.3 is 15.1 Å². The van der Waals surface area contributed by atoms with Gasteiger partial charge in [0, 0.05) is 24.7 Å². The van der Waals surface area contributed by atoms with Gasteiger partial charge in [0.1, 0.15) is 11.6 Å². The molecular weight excluding hydrogens is 264 g/mol. The van der Waals surface area contributed by atoms with Crippen molar-refractivity contribution in [2.45, 2.75) is 32.0 Å². The lowest BCUT2D eigenvalue weighted by Gasteiger charge is -2.35. The molecule has 1 aliphatic rings. The minimum Gasteiger partial charge on any atom is -0.393 e. The number of piperidine rings is 1. The molecule has 1 saturated heterocycles. The summed E-state index contributed by atoms with van der Waals surface area (Å²) in [6.45, 7) is 3.58. The Kier molecular flexibility index (Phi) is 5.07. The quantitative estimate of drug-likeness (QED) is 0.890. The van der Waals surface area contributed by atoms with Gasteiger partial charge in [-0.15, -0.1) is 0 Å². The summed E-state index contributed by atoms with van der Waals surface area (Å²) in [5, 5.41) is 19.7. The third-order valence-electron chi connectivity index (χ3n) is 3.98. The van der Waals surface area contributed by atoms with Gasteiger partial charge in [0.05, 0.1) is 12.2 Å². The van der Waals surface area contributed by atoms with E-state index in [1.165, 1.54) is 6.07 Å². The first-order valence-electron chi connectivity index (χ1n) is 7.01. The van der Waals surface area contributed by atoms with Crippen LogP contribution in [0.2, 0.25) is 0 Å². The second-order valence-electron chi connectivity index (χ2n) is 5.58. The van der Waals surface area contributed by atoms with Crippen LogP contribution in [0, 0.1) is 17.6 Å². The van der Waals surface area contributed by atoms with Crippen LogP contribution in [0.25, 0.3) is 0 Å². The highest BCUT2D eigenvalue weighted by Gasteiger charge is 2.25. The number of aliphatic hydroxyl groups is 2. The van der Waals surface area contributed by atoms with Gasteiger partial charge >= 0.3 is 0 Å². The van der Waals surface area contributed by atoms with E-state index in [1.807, 2.05) is 4.90 Å². The van der Waals surface area contributed by atoms with Crippen molar-refractivity contribution in [3.63, 3.8) is 0 Å². The van der Waals surface area contributed by atoms with Gasteiger partial charge in [0.25, 0.3) is 0 Å². The summed E-state index contributed by atoms with van der Waals surface area (Å²) < 4.78 is 26.5. The molecular formula is C15H21F2NO2. The number of likely N-dealkylation sites (tertiary alicyclic amines) is 1. The third kappa shape index (κ3) is 3.75. The molecule has 2 N–H and O–H groups in total. The lowest BCUT2D eigenvalue weighted by molar-refractivity contribution is 0.0369. The van der Waals surface area contributed by atoms with Gasteiger partial charge in [-0.05, 0) is 38.3 Å². The summed E-state index contributed by atoms with van der Waals surface area (Å²) in [5.74, 6) is -1.18. The number of halogens is 2. The molecule has 0 spiro atoms. The highest BCUT2D eigenvalue weighted by Crippen LogP contribution is 2.24. The number of nitrogens with zero attached hydrogens (tertiary/aromatic N) is 1. The summed E-state index contributed by atoms with van der Waals surface area (Å²) >= 11 is 0. The van der Waals surface area contributed by atoms with Crippen LogP contribution in [-0.2, 0) is 0 Å². The molecule has 0 amide bonds. The molecule has 0 saturated carbocycles. The molecule has 2 rings (SSSR count). The van der Waals surface area contributed by atoms with Crippen LogP contribution < -0.4 is 0 Å². The molecule has 112 valence electrons. The molecule has 3 unspecified atom stereocenters. The molecule has 0 bridgehead atoms. The van der Waals surface area contributed by atoms with E-state index >= 15 is 0 Å². The lowest BCUT2D eigenvalue weighted by atomic mass is 9.93. The molecule has 0 radical (unpaired) electrons. The lowest BCUT2D eigenvalue weighted by Crippen LogP contribution is -2.41. The van der Waals surface area contributed by atoms with Crippen molar-refractivity contribution in [2.24, 2.45) is 5.92 Å². The normalized spacial score (nSPS) is 23.6. The van der Waals surface area contributed by atoms with Crippen molar-refractivity contribution in [1.82, 2.24) is 4.90 Å². The Morgan fingerprint density at radius 3 is 2.75 bits per heavy atom. The molecule has 0 aliphatic carbocycles. The largest absolute Gasteiger partial charge is 0.393 e. The Morgan fingerprint density at radius 2 is 2.10 bits per heavy atom. The number of aliphatic hydroxyl groups excluding tert-OH is 2. The van der Waals surface area contributed by atoms with E-state index in [0.717, 1.165) is 31.5 Å². The first kappa shape index (κ1) is 15.4. The van der Waals surface area contributed by atoms with Crippen LogP contribution in [0.1, 0.15) is 31.4 Å². The van der Waals surface area contributed by atoms with E-state index in [0.29, 0.717) is 13.1 Å². The fraction of sp³-hybridized carbons (Fsp3) is 0.600. The monoisotopic (exact) mass is 285 g/mol. The van der Waals surface area contributed by atoms with E-state index in [2.05, 4.69) is 0 Å². The van der Waals surface area contributed by atoms with Gasteiger partial charge in [-0.1, -0.05) is 6.07 Å². The number of hydrogen-bond acceptors (Lipinski definition) is 3. The first-order valence-corrected chi connectivity index (χ1v) is 7.01. The maximum absolute atomic E-state index is 13.6. The predicted octanol–water partition coefficient (Wildman–Crippen LogP) is 2.09. The van der Waals surface area contributed by atoms with Crippen molar-refractivity contribution >= 4 is 0 Å². The van der Waals surface area contributed by atoms with Crippen LogP contribution in [-0.4, -0.2) is 40.9 Å². The van der Waals surface area contributed by atoms with Crippen molar-refractivity contribution in [1.29, 1.82) is 0 Å². The van der Waals surface area contributed by atoms with Crippen LogP contribution in [0.4, 0.5) is 8.78 Å². The zero-order chi connectivity index (χ0) is 14.7.